The van der Waals surface area contributed by atoms with E-state index < -0.39 is 0 Å². The number of nitrogens with one attached hydrogen (secondary N) is 2. The molecule has 1 aliphatic rings. The van der Waals surface area contributed by atoms with Gasteiger partial charge in [-0.2, -0.15) is 0 Å². The minimum atomic E-state index is -0.185. The Morgan fingerprint density at radius 2 is 2.00 bits per heavy atom. The Hall–Kier alpha value is -1.10. The van der Waals surface area contributed by atoms with E-state index in [1.807, 2.05) is 6.92 Å². The van der Waals surface area contributed by atoms with Crippen LogP contribution in [0.25, 0.3) is 0 Å². The van der Waals surface area contributed by atoms with E-state index in [1.54, 1.807) is 6.92 Å². The summed E-state index contributed by atoms with van der Waals surface area (Å²) >= 11 is 0. The lowest BCUT2D eigenvalue weighted by atomic mass is 10.0. The summed E-state index contributed by atoms with van der Waals surface area (Å²) in [6.45, 7) is 4.15. The van der Waals surface area contributed by atoms with E-state index in [0.29, 0.717) is 25.4 Å². The van der Waals surface area contributed by atoms with Gasteiger partial charge >= 0.3 is 0 Å². The highest BCUT2D eigenvalue weighted by molar-refractivity contribution is 5.79. The third-order valence-electron chi connectivity index (χ3n) is 3.02. The molecule has 0 aromatic rings. The van der Waals surface area contributed by atoms with Crippen LogP contribution in [-0.2, 0) is 9.59 Å². The van der Waals surface area contributed by atoms with Crippen LogP contribution in [0.2, 0.25) is 0 Å². The Kier molecular flexibility index (Phi) is 5.41. The number of amides is 2. The molecular formula is C12H23N3O2. The highest BCUT2D eigenvalue weighted by Gasteiger charge is 2.22. The van der Waals surface area contributed by atoms with Gasteiger partial charge in [0, 0.05) is 31.0 Å². The summed E-state index contributed by atoms with van der Waals surface area (Å²) in [5.74, 6) is -0.139. The molecule has 4 N–H and O–H groups in total. The molecule has 0 spiro atoms. The van der Waals surface area contributed by atoms with Crippen LogP contribution in [-0.4, -0.2) is 30.4 Å². The van der Waals surface area contributed by atoms with Crippen molar-refractivity contribution in [2.75, 3.05) is 6.54 Å². The van der Waals surface area contributed by atoms with Gasteiger partial charge in [0.25, 0.3) is 0 Å². The normalized spacial score (nSPS) is 18.3. The molecule has 0 aliphatic heterocycles. The Bertz CT molecular complexity index is 275. The van der Waals surface area contributed by atoms with Crippen LogP contribution in [0, 0.1) is 5.92 Å². The van der Waals surface area contributed by atoms with Crippen molar-refractivity contribution in [2.24, 2.45) is 11.7 Å². The Labute approximate surface area is 103 Å². The molecule has 0 heterocycles. The molecule has 1 saturated carbocycles. The molecule has 2 amide bonds. The molecule has 0 bridgehead atoms. The van der Waals surface area contributed by atoms with Crippen molar-refractivity contribution in [3.8, 4) is 0 Å². The SMILES string of the molecule is CC(N)C(C)C(=O)NCCCC(=O)NC1CC1. The van der Waals surface area contributed by atoms with Crippen molar-refractivity contribution in [1.82, 2.24) is 10.6 Å². The Balaban J connectivity index is 2.02. The summed E-state index contributed by atoms with van der Waals surface area (Å²) in [4.78, 5) is 22.9. The molecular weight excluding hydrogens is 218 g/mol. The average molecular weight is 241 g/mol. The first-order valence-corrected chi connectivity index (χ1v) is 6.33. The summed E-state index contributed by atoms with van der Waals surface area (Å²) in [7, 11) is 0. The smallest absolute Gasteiger partial charge is 0.224 e. The summed E-state index contributed by atoms with van der Waals surface area (Å²) in [5.41, 5.74) is 5.63. The minimum Gasteiger partial charge on any atom is -0.356 e. The Morgan fingerprint density at radius 3 is 2.53 bits per heavy atom. The largest absolute Gasteiger partial charge is 0.356 e. The van der Waals surface area contributed by atoms with E-state index in [1.165, 1.54) is 0 Å². The first-order chi connectivity index (χ1) is 8.00. The maximum absolute atomic E-state index is 11.5. The lowest BCUT2D eigenvalue weighted by Crippen LogP contribution is -2.39. The average Bonchev–Trinajstić information content (AvgIpc) is 3.06. The van der Waals surface area contributed by atoms with Crippen molar-refractivity contribution in [3.63, 3.8) is 0 Å². The summed E-state index contributed by atoms with van der Waals surface area (Å²) in [6, 6.07) is 0.267. The maximum Gasteiger partial charge on any atom is 0.224 e. The van der Waals surface area contributed by atoms with Gasteiger partial charge in [0.05, 0.1) is 0 Å². The molecule has 2 unspecified atom stereocenters. The number of hydrogen-bond donors (Lipinski definition) is 3. The zero-order valence-corrected chi connectivity index (χ0v) is 10.7. The third kappa shape index (κ3) is 5.68. The van der Waals surface area contributed by atoms with Crippen molar-refractivity contribution in [1.29, 1.82) is 0 Å². The quantitative estimate of drug-likeness (QED) is 0.554. The fourth-order valence-electron chi connectivity index (χ4n) is 1.39. The fourth-order valence-corrected chi connectivity index (χ4v) is 1.39. The van der Waals surface area contributed by atoms with Gasteiger partial charge in [-0.05, 0) is 26.2 Å². The highest BCUT2D eigenvalue weighted by Crippen LogP contribution is 2.18. The molecule has 1 rings (SSSR count). The molecule has 5 heteroatoms. The molecule has 1 fully saturated rings. The first-order valence-electron chi connectivity index (χ1n) is 6.33. The van der Waals surface area contributed by atoms with Crippen molar-refractivity contribution >= 4 is 11.8 Å². The van der Waals surface area contributed by atoms with E-state index in [4.69, 9.17) is 5.73 Å². The second-order valence-electron chi connectivity index (χ2n) is 4.88. The van der Waals surface area contributed by atoms with Gasteiger partial charge in [-0.15, -0.1) is 0 Å². The predicted molar refractivity (Wildman–Crippen MR) is 66.2 cm³/mol. The van der Waals surface area contributed by atoms with Crippen LogP contribution in [0.3, 0.4) is 0 Å². The maximum atomic E-state index is 11.5. The van der Waals surface area contributed by atoms with E-state index in [0.717, 1.165) is 12.8 Å². The number of rotatable bonds is 7. The van der Waals surface area contributed by atoms with Gasteiger partial charge in [-0.1, -0.05) is 6.92 Å². The summed E-state index contributed by atoms with van der Waals surface area (Å²) in [5, 5.41) is 5.70. The molecule has 0 aromatic heterocycles. The highest BCUT2D eigenvalue weighted by atomic mass is 16.2. The van der Waals surface area contributed by atoms with E-state index in [-0.39, 0.29) is 23.8 Å². The van der Waals surface area contributed by atoms with Crippen LogP contribution in [0.4, 0.5) is 0 Å². The molecule has 1 aliphatic carbocycles. The first kappa shape index (κ1) is 14.0. The van der Waals surface area contributed by atoms with Crippen molar-refractivity contribution < 1.29 is 9.59 Å². The molecule has 2 atom stereocenters. The second-order valence-corrected chi connectivity index (χ2v) is 4.88. The van der Waals surface area contributed by atoms with Gasteiger partial charge in [0.2, 0.25) is 11.8 Å². The number of nitrogens with two attached hydrogens (primary N) is 1. The molecule has 98 valence electrons. The monoisotopic (exact) mass is 241 g/mol. The van der Waals surface area contributed by atoms with Crippen LogP contribution >= 0.6 is 0 Å². The van der Waals surface area contributed by atoms with E-state index in [9.17, 15) is 9.59 Å². The second kappa shape index (κ2) is 6.59. The van der Waals surface area contributed by atoms with Crippen LogP contribution in [0.1, 0.15) is 39.5 Å². The van der Waals surface area contributed by atoms with Crippen LogP contribution in [0.5, 0.6) is 0 Å². The molecule has 17 heavy (non-hydrogen) atoms. The topological polar surface area (TPSA) is 84.2 Å². The summed E-state index contributed by atoms with van der Waals surface area (Å²) in [6.07, 6.45) is 3.36. The number of carbonyl (C=O) groups is 2. The lowest BCUT2D eigenvalue weighted by molar-refractivity contribution is -0.125. The molecule has 0 radical (unpaired) electrons. The van der Waals surface area contributed by atoms with Gasteiger partial charge in [0.15, 0.2) is 0 Å². The van der Waals surface area contributed by atoms with Gasteiger partial charge in [-0.25, -0.2) is 0 Å². The minimum absolute atomic E-state index is 0.0393. The van der Waals surface area contributed by atoms with Gasteiger partial charge < -0.3 is 16.4 Å². The zero-order chi connectivity index (χ0) is 12.8. The fraction of sp³-hybridized carbons (Fsp3) is 0.833. The lowest BCUT2D eigenvalue weighted by Gasteiger charge is -2.15. The molecule has 5 nitrogen and oxygen atoms in total. The third-order valence-corrected chi connectivity index (χ3v) is 3.02. The number of carbonyl (C=O) groups excluding carboxylic acids is 2. The standard InChI is InChI=1S/C12H23N3O2/c1-8(9(2)13)12(17)14-7-3-4-11(16)15-10-5-6-10/h8-10H,3-7,13H2,1-2H3,(H,14,17)(H,15,16). The molecule has 0 saturated heterocycles. The molecule has 0 aromatic carbocycles. The van der Waals surface area contributed by atoms with Gasteiger partial charge in [0.1, 0.15) is 0 Å². The van der Waals surface area contributed by atoms with Crippen molar-refractivity contribution in [3.05, 3.63) is 0 Å². The van der Waals surface area contributed by atoms with E-state index in [2.05, 4.69) is 10.6 Å². The van der Waals surface area contributed by atoms with Gasteiger partial charge in [-0.3, -0.25) is 9.59 Å². The van der Waals surface area contributed by atoms with Crippen LogP contribution in [0.15, 0.2) is 0 Å². The predicted octanol–water partition coefficient (Wildman–Crippen LogP) is 0.145. The van der Waals surface area contributed by atoms with Crippen LogP contribution < -0.4 is 16.4 Å². The Morgan fingerprint density at radius 1 is 1.35 bits per heavy atom. The van der Waals surface area contributed by atoms with Crippen molar-refractivity contribution in [2.45, 2.75) is 51.6 Å². The summed E-state index contributed by atoms with van der Waals surface area (Å²) < 4.78 is 0. The number of hydrogen-bond acceptors (Lipinski definition) is 3. The zero-order valence-electron chi connectivity index (χ0n) is 10.7. The van der Waals surface area contributed by atoms with E-state index >= 15 is 0 Å².